The Morgan fingerprint density at radius 3 is 2.48 bits per heavy atom. The van der Waals surface area contributed by atoms with E-state index in [-0.39, 0.29) is 17.8 Å². The largest absolute Gasteiger partial charge is 0.508 e. The zero-order valence-electron chi connectivity index (χ0n) is 15.8. The van der Waals surface area contributed by atoms with Gasteiger partial charge < -0.3 is 20.2 Å². The van der Waals surface area contributed by atoms with E-state index in [0.29, 0.717) is 0 Å². The van der Waals surface area contributed by atoms with Gasteiger partial charge in [0.15, 0.2) is 0 Å². The summed E-state index contributed by atoms with van der Waals surface area (Å²) >= 11 is 0. The predicted octanol–water partition coefficient (Wildman–Crippen LogP) is 3.37. The second kappa shape index (κ2) is 7.61. The first-order valence-electron chi connectivity index (χ1n) is 9.79. The lowest BCUT2D eigenvalue weighted by molar-refractivity contribution is 0.0925. The molecule has 5 heteroatoms. The number of carbonyl (C=O) groups excluding carboxylic acids is 1. The number of likely N-dealkylation sites (tertiary alicyclic amines) is 1. The molecule has 1 fully saturated rings. The maximum Gasteiger partial charge on any atom is 0.255 e. The molecule has 2 aliphatic rings. The number of piperidine rings is 1. The first-order valence-corrected chi connectivity index (χ1v) is 9.79. The minimum atomic E-state index is -0.225. The van der Waals surface area contributed by atoms with Gasteiger partial charge in [0.2, 0.25) is 0 Å². The van der Waals surface area contributed by atoms with Gasteiger partial charge in [-0.3, -0.25) is 4.79 Å². The van der Waals surface area contributed by atoms with Crippen molar-refractivity contribution in [2.75, 3.05) is 31.1 Å². The molecule has 0 aromatic heterocycles. The molecule has 0 radical (unpaired) electrons. The van der Waals surface area contributed by atoms with Crippen molar-refractivity contribution in [2.45, 2.75) is 25.9 Å². The van der Waals surface area contributed by atoms with Crippen molar-refractivity contribution in [2.24, 2.45) is 5.92 Å². The zero-order chi connectivity index (χ0) is 18.8. The topological polar surface area (TPSA) is 55.8 Å². The van der Waals surface area contributed by atoms with E-state index in [1.807, 2.05) is 36.4 Å². The lowest BCUT2D eigenvalue weighted by Crippen LogP contribution is -2.49. The fraction of sp³-hybridized carbons (Fsp3) is 0.409. The van der Waals surface area contributed by atoms with Gasteiger partial charge >= 0.3 is 0 Å². The van der Waals surface area contributed by atoms with Gasteiger partial charge in [0, 0.05) is 13.1 Å². The van der Waals surface area contributed by atoms with E-state index in [9.17, 15) is 9.90 Å². The molecular weight excluding hydrogens is 338 g/mol. The molecule has 2 aliphatic heterocycles. The van der Waals surface area contributed by atoms with Crippen molar-refractivity contribution in [3.8, 4) is 5.75 Å². The highest BCUT2D eigenvalue weighted by atomic mass is 16.3. The zero-order valence-corrected chi connectivity index (χ0v) is 15.8. The minimum Gasteiger partial charge on any atom is -0.508 e. The molecule has 0 spiro atoms. The van der Waals surface area contributed by atoms with Gasteiger partial charge in [-0.15, -0.1) is 0 Å². The van der Waals surface area contributed by atoms with E-state index in [2.05, 4.69) is 22.0 Å². The van der Waals surface area contributed by atoms with Crippen molar-refractivity contribution >= 4 is 11.6 Å². The highest BCUT2D eigenvalue weighted by Crippen LogP contribution is 2.33. The Labute approximate surface area is 160 Å². The van der Waals surface area contributed by atoms with Crippen LogP contribution in [0.4, 0.5) is 5.69 Å². The lowest BCUT2D eigenvalue weighted by Gasteiger charge is -2.41. The van der Waals surface area contributed by atoms with Crippen molar-refractivity contribution in [3.05, 3.63) is 59.7 Å². The average Bonchev–Trinajstić information content (AvgIpc) is 2.69. The molecular formula is C22H27N3O2. The van der Waals surface area contributed by atoms with Crippen LogP contribution in [-0.2, 0) is 0 Å². The van der Waals surface area contributed by atoms with Gasteiger partial charge in [-0.05, 0) is 61.7 Å². The van der Waals surface area contributed by atoms with Gasteiger partial charge in [-0.2, -0.15) is 0 Å². The summed E-state index contributed by atoms with van der Waals surface area (Å²) in [4.78, 5) is 17.4. The standard InChI is InChI=1S/C22H27N3O2/c1-16-10-12-24(13-11-16)14-15-25-20-5-3-2-4-19(20)22(27)23-21(25)17-6-8-18(26)9-7-17/h2-9,16,21,26H,10-15H2,1H3,(H,23,27). The molecule has 0 aliphatic carbocycles. The Balaban J connectivity index is 1.59. The Hall–Kier alpha value is -2.53. The fourth-order valence-electron chi connectivity index (χ4n) is 4.04. The summed E-state index contributed by atoms with van der Waals surface area (Å²) in [5.41, 5.74) is 2.67. The number of aromatic hydroxyl groups is 1. The van der Waals surface area contributed by atoms with Crippen molar-refractivity contribution < 1.29 is 9.90 Å². The van der Waals surface area contributed by atoms with Crippen LogP contribution < -0.4 is 10.2 Å². The van der Waals surface area contributed by atoms with Crippen LogP contribution >= 0.6 is 0 Å². The molecule has 1 unspecified atom stereocenters. The van der Waals surface area contributed by atoms with Gasteiger partial charge in [0.1, 0.15) is 11.9 Å². The van der Waals surface area contributed by atoms with E-state index in [4.69, 9.17) is 0 Å². The van der Waals surface area contributed by atoms with E-state index in [1.165, 1.54) is 12.8 Å². The number of anilines is 1. The number of benzene rings is 2. The summed E-state index contributed by atoms with van der Waals surface area (Å²) in [5, 5.41) is 12.8. The highest BCUT2D eigenvalue weighted by molar-refractivity contribution is 6.02. The van der Waals surface area contributed by atoms with Crippen LogP contribution in [0.1, 0.15) is 41.9 Å². The summed E-state index contributed by atoms with van der Waals surface area (Å²) in [6.07, 6.45) is 2.29. The third-order valence-corrected chi connectivity index (χ3v) is 5.78. The highest BCUT2D eigenvalue weighted by Gasteiger charge is 2.31. The number of hydrogen-bond donors (Lipinski definition) is 2. The van der Waals surface area contributed by atoms with Crippen LogP contribution in [0.25, 0.3) is 0 Å². The molecule has 1 amide bonds. The normalized spacial score (nSPS) is 21.0. The molecule has 2 aromatic carbocycles. The van der Waals surface area contributed by atoms with E-state index in [0.717, 1.165) is 48.9 Å². The maximum atomic E-state index is 12.6. The maximum absolute atomic E-state index is 12.6. The molecule has 2 aromatic rings. The molecule has 0 saturated carbocycles. The van der Waals surface area contributed by atoms with Crippen molar-refractivity contribution in [3.63, 3.8) is 0 Å². The number of rotatable bonds is 4. The third-order valence-electron chi connectivity index (χ3n) is 5.78. The number of fused-ring (bicyclic) bond motifs is 1. The second-order valence-electron chi connectivity index (χ2n) is 7.70. The van der Waals surface area contributed by atoms with E-state index >= 15 is 0 Å². The van der Waals surface area contributed by atoms with Gasteiger partial charge in [-0.25, -0.2) is 0 Å². The summed E-state index contributed by atoms with van der Waals surface area (Å²) in [7, 11) is 0. The van der Waals surface area contributed by atoms with Crippen LogP contribution in [0.5, 0.6) is 5.75 Å². The smallest absolute Gasteiger partial charge is 0.255 e. The summed E-state index contributed by atoms with van der Waals surface area (Å²) in [6, 6.07) is 14.9. The van der Waals surface area contributed by atoms with Crippen molar-refractivity contribution in [1.82, 2.24) is 10.2 Å². The first kappa shape index (κ1) is 17.9. The van der Waals surface area contributed by atoms with Gasteiger partial charge in [0.25, 0.3) is 5.91 Å². The van der Waals surface area contributed by atoms with Crippen LogP contribution in [0.2, 0.25) is 0 Å². The van der Waals surface area contributed by atoms with Crippen LogP contribution in [0.15, 0.2) is 48.5 Å². The number of carbonyl (C=O) groups is 1. The molecule has 1 saturated heterocycles. The van der Waals surface area contributed by atoms with Gasteiger partial charge in [0.05, 0.1) is 11.3 Å². The molecule has 4 rings (SSSR count). The monoisotopic (exact) mass is 365 g/mol. The summed E-state index contributed by atoms with van der Waals surface area (Å²) in [6.45, 7) is 6.44. The van der Waals surface area contributed by atoms with Crippen LogP contribution in [-0.4, -0.2) is 42.1 Å². The Morgan fingerprint density at radius 2 is 1.74 bits per heavy atom. The molecule has 5 nitrogen and oxygen atoms in total. The number of hydrogen-bond acceptors (Lipinski definition) is 4. The number of para-hydroxylation sites is 1. The molecule has 142 valence electrons. The quantitative estimate of drug-likeness (QED) is 0.872. The van der Waals surface area contributed by atoms with Crippen LogP contribution in [0.3, 0.4) is 0 Å². The molecule has 2 heterocycles. The molecule has 0 bridgehead atoms. The summed E-state index contributed by atoms with van der Waals surface area (Å²) in [5.74, 6) is 1.00. The minimum absolute atomic E-state index is 0.0493. The Kier molecular flexibility index (Phi) is 5.03. The molecule has 1 atom stereocenters. The van der Waals surface area contributed by atoms with E-state index in [1.54, 1.807) is 12.1 Å². The van der Waals surface area contributed by atoms with Gasteiger partial charge in [-0.1, -0.05) is 31.2 Å². The lowest BCUT2D eigenvalue weighted by atomic mass is 9.99. The Bertz CT molecular complexity index is 797. The third kappa shape index (κ3) is 3.78. The number of phenolic OH excluding ortho intramolecular Hbond substituents is 1. The number of nitrogens with zero attached hydrogens (tertiary/aromatic N) is 2. The fourth-order valence-corrected chi connectivity index (χ4v) is 4.04. The van der Waals surface area contributed by atoms with Crippen LogP contribution in [0, 0.1) is 5.92 Å². The van der Waals surface area contributed by atoms with Crippen molar-refractivity contribution in [1.29, 1.82) is 0 Å². The number of amides is 1. The predicted molar refractivity (Wildman–Crippen MR) is 107 cm³/mol. The average molecular weight is 365 g/mol. The second-order valence-corrected chi connectivity index (χ2v) is 7.70. The number of nitrogens with one attached hydrogen (secondary N) is 1. The first-order chi connectivity index (χ1) is 13.1. The molecule has 27 heavy (non-hydrogen) atoms. The SMILES string of the molecule is CC1CCN(CCN2c3ccccc3C(=O)NC2c2ccc(O)cc2)CC1. The summed E-state index contributed by atoms with van der Waals surface area (Å²) < 4.78 is 0. The Morgan fingerprint density at radius 1 is 1.04 bits per heavy atom. The number of phenols is 1. The molecule has 2 N–H and O–H groups in total. The van der Waals surface area contributed by atoms with E-state index < -0.39 is 0 Å².